The molecule has 0 aromatic heterocycles. The summed E-state index contributed by atoms with van der Waals surface area (Å²) in [6, 6.07) is 8.97. The highest BCUT2D eigenvalue weighted by Crippen LogP contribution is 2.32. The normalized spacial score (nSPS) is 10.3. The summed E-state index contributed by atoms with van der Waals surface area (Å²) in [6.45, 7) is 4.20. The lowest BCUT2D eigenvalue weighted by Gasteiger charge is -2.14. The molecule has 0 radical (unpaired) electrons. The van der Waals surface area contributed by atoms with E-state index in [1.807, 2.05) is 26.0 Å². The quantitative estimate of drug-likeness (QED) is 0.507. The minimum Gasteiger partial charge on any atom is -0.488 e. The maximum Gasteiger partial charge on any atom is 0.513 e. The Kier molecular flexibility index (Phi) is 5.91. The molecular formula is C17H16BrClO4. The Hall–Kier alpha value is -1.72. The summed E-state index contributed by atoms with van der Waals surface area (Å²) >= 11 is 9.67. The third-order valence-electron chi connectivity index (χ3n) is 3.36. The third kappa shape index (κ3) is 4.39. The molecule has 2 aromatic rings. The van der Waals surface area contributed by atoms with Crippen molar-refractivity contribution >= 4 is 33.7 Å². The van der Waals surface area contributed by atoms with Gasteiger partial charge < -0.3 is 14.2 Å². The summed E-state index contributed by atoms with van der Waals surface area (Å²) < 4.78 is 16.3. The van der Waals surface area contributed by atoms with Gasteiger partial charge in [0.2, 0.25) is 0 Å². The molecular weight excluding hydrogens is 384 g/mol. The minimum absolute atomic E-state index is 0.160. The molecule has 0 N–H and O–H groups in total. The predicted molar refractivity (Wildman–Crippen MR) is 92.4 cm³/mol. The van der Waals surface area contributed by atoms with E-state index in [-0.39, 0.29) is 6.61 Å². The van der Waals surface area contributed by atoms with Gasteiger partial charge in [0.25, 0.3) is 0 Å². The van der Waals surface area contributed by atoms with Crippen LogP contribution in [0.1, 0.15) is 16.7 Å². The predicted octanol–water partition coefficient (Wildman–Crippen LogP) is 5.44. The molecule has 0 spiro atoms. The lowest BCUT2D eigenvalue weighted by atomic mass is 10.1. The number of aryl methyl sites for hydroxylation is 2. The Morgan fingerprint density at radius 1 is 1.17 bits per heavy atom. The van der Waals surface area contributed by atoms with E-state index in [0.29, 0.717) is 22.1 Å². The van der Waals surface area contributed by atoms with E-state index >= 15 is 0 Å². The van der Waals surface area contributed by atoms with Gasteiger partial charge >= 0.3 is 6.16 Å². The number of carbonyl (C=O) groups is 1. The molecule has 0 atom stereocenters. The molecule has 0 aliphatic carbocycles. The van der Waals surface area contributed by atoms with Crippen LogP contribution >= 0.6 is 27.5 Å². The van der Waals surface area contributed by atoms with Crippen LogP contribution in [0.4, 0.5) is 4.79 Å². The van der Waals surface area contributed by atoms with Crippen molar-refractivity contribution in [2.75, 3.05) is 7.11 Å². The Morgan fingerprint density at radius 3 is 2.57 bits per heavy atom. The van der Waals surface area contributed by atoms with E-state index in [1.54, 1.807) is 18.2 Å². The van der Waals surface area contributed by atoms with Crippen LogP contribution in [0.5, 0.6) is 11.5 Å². The van der Waals surface area contributed by atoms with Crippen molar-refractivity contribution in [3.63, 3.8) is 0 Å². The molecule has 122 valence electrons. The van der Waals surface area contributed by atoms with Crippen molar-refractivity contribution in [1.82, 2.24) is 0 Å². The van der Waals surface area contributed by atoms with Crippen molar-refractivity contribution in [3.8, 4) is 11.5 Å². The summed E-state index contributed by atoms with van der Waals surface area (Å²) in [4.78, 5) is 11.3. The Balaban J connectivity index is 2.23. The van der Waals surface area contributed by atoms with Crippen molar-refractivity contribution in [1.29, 1.82) is 0 Å². The maximum atomic E-state index is 11.3. The Labute approximate surface area is 148 Å². The van der Waals surface area contributed by atoms with Crippen LogP contribution in [0.15, 0.2) is 34.8 Å². The Morgan fingerprint density at radius 2 is 1.87 bits per heavy atom. The van der Waals surface area contributed by atoms with Gasteiger partial charge in [-0.15, -0.1) is 0 Å². The highest BCUT2D eigenvalue weighted by atomic mass is 79.9. The van der Waals surface area contributed by atoms with E-state index in [0.717, 1.165) is 15.6 Å². The van der Waals surface area contributed by atoms with Gasteiger partial charge in [0.05, 0.1) is 22.2 Å². The second-order valence-electron chi connectivity index (χ2n) is 4.93. The number of benzene rings is 2. The first kappa shape index (κ1) is 17.6. The average Bonchev–Trinajstić information content (AvgIpc) is 2.51. The number of rotatable bonds is 4. The summed E-state index contributed by atoms with van der Waals surface area (Å²) in [5.41, 5.74) is 2.86. The van der Waals surface area contributed by atoms with Crippen LogP contribution in [0.2, 0.25) is 5.02 Å². The topological polar surface area (TPSA) is 44.8 Å². The van der Waals surface area contributed by atoms with E-state index in [2.05, 4.69) is 20.7 Å². The minimum atomic E-state index is -0.805. The first-order valence-corrected chi connectivity index (χ1v) is 8.02. The number of hydrogen-bond donors (Lipinski definition) is 0. The molecule has 0 aliphatic heterocycles. The van der Waals surface area contributed by atoms with Gasteiger partial charge in [0.15, 0.2) is 0 Å². The lowest BCUT2D eigenvalue weighted by Crippen LogP contribution is -2.10. The SMILES string of the molecule is COC(=O)Oc1cccc(Cl)c1COc1cc(C)c(C)cc1Br. The molecule has 0 fully saturated rings. The molecule has 0 saturated carbocycles. The third-order valence-corrected chi connectivity index (χ3v) is 4.33. The molecule has 2 rings (SSSR count). The number of hydrogen-bond acceptors (Lipinski definition) is 4. The molecule has 0 aliphatic rings. The van der Waals surface area contributed by atoms with Gasteiger partial charge in [-0.2, -0.15) is 0 Å². The number of halogens is 2. The van der Waals surface area contributed by atoms with Gasteiger partial charge in [-0.3, -0.25) is 0 Å². The molecule has 0 saturated heterocycles. The molecule has 0 bridgehead atoms. The molecule has 23 heavy (non-hydrogen) atoms. The molecule has 4 nitrogen and oxygen atoms in total. The highest BCUT2D eigenvalue weighted by molar-refractivity contribution is 9.10. The molecule has 2 aromatic carbocycles. The van der Waals surface area contributed by atoms with E-state index in [9.17, 15) is 4.79 Å². The zero-order valence-corrected chi connectivity index (χ0v) is 15.3. The fourth-order valence-corrected chi connectivity index (χ4v) is 2.71. The standard InChI is InChI=1S/C17H16BrClO4/c1-10-7-13(18)16(8-11(10)2)22-9-12-14(19)5-4-6-15(12)23-17(20)21-3/h4-8H,9H2,1-3H3. The van der Waals surface area contributed by atoms with Crippen molar-refractivity contribution in [2.45, 2.75) is 20.5 Å². The maximum absolute atomic E-state index is 11.3. The summed E-state index contributed by atoms with van der Waals surface area (Å²) in [5, 5.41) is 0.450. The lowest BCUT2D eigenvalue weighted by molar-refractivity contribution is 0.120. The molecule has 0 amide bonds. The van der Waals surface area contributed by atoms with Crippen LogP contribution < -0.4 is 9.47 Å². The summed E-state index contributed by atoms with van der Waals surface area (Å²) in [7, 11) is 1.25. The zero-order valence-electron chi connectivity index (χ0n) is 13.0. The molecule has 0 heterocycles. The van der Waals surface area contributed by atoms with Crippen molar-refractivity contribution < 1.29 is 19.0 Å². The van der Waals surface area contributed by atoms with Crippen LogP contribution in [-0.4, -0.2) is 13.3 Å². The second-order valence-corrected chi connectivity index (χ2v) is 6.19. The first-order chi connectivity index (χ1) is 10.9. The molecule has 6 heteroatoms. The average molecular weight is 400 g/mol. The summed E-state index contributed by atoms with van der Waals surface area (Å²) in [5.74, 6) is 1.00. The van der Waals surface area contributed by atoms with E-state index in [4.69, 9.17) is 21.1 Å². The number of carbonyl (C=O) groups excluding carboxylic acids is 1. The number of methoxy groups -OCH3 is 1. The zero-order chi connectivity index (χ0) is 17.0. The van der Waals surface area contributed by atoms with Crippen LogP contribution in [0.25, 0.3) is 0 Å². The smallest absolute Gasteiger partial charge is 0.488 e. The molecule has 0 unspecified atom stereocenters. The van der Waals surface area contributed by atoms with Crippen molar-refractivity contribution in [3.05, 3.63) is 56.5 Å². The fraction of sp³-hybridized carbons (Fsp3) is 0.235. The largest absolute Gasteiger partial charge is 0.513 e. The van der Waals surface area contributed by atoms with Gasteiger partial charge in [-0.25, -0.2) is 4.79 Å². The fourth-order valence-electron chi connectivity index (χ4n) is 1.92. The van der Waals surface area contributed by atoms with Gasteiger partial charge in [0.1, 0.15) is 18.1 Å². The van der Waals surface area contributed by atoms with Crippen LogP contribution in [0.3, 0.4) is 0 Å². The van der Waals surface area contributed by atoms with Gasteiger partial charge in [-0.05, 0) is 65.2 Å². The first-order valence-electron chi connectivity index (χ1n) is 6.85. The van der Waals surface area contributed by atoms with E-state index in [1.165, 1.54) is 7.11 Å². The Bertz CT molecular complexity index is 731. The van der Waals surface area contributed by atoms with Crippen LogP contribution in [-0.2, 0) is 11.3 Å². The monoisotopic (exact) mass is 398 g/mol. The van der Waals surface area contributed by atoms with E-state index < -0.39 is 6.16 Å². The summed E-state index contributed by atoms with van der Waals surface area (Å²) in [6.07, 6.45) is -0.805. The van der Waals surface area contributed by atoms with Gasteiger partial charge in [-0.1, -0.05) is 17.7 Å². The second kappa shape index (κ2) is 7.70. The number of ether oxygens (including phenoxy) is 3. The van der Waals surface area contributed by atoms with Gasteiger partial charge in [0, 0.05) is 0 Å². The van der Waals surface area contributed by atoms with Crippen molar-refractivity contribution in [2.24, 2.45) is 0 Å². The van der Waals surface area contributed by atoms with Crippen LogP contribution in [0, 0.1) is 13.8 Å². The highest BCUT2D eigenvalue weighted by Gasteiger charge is 2.14.